The molecule has 1 rings (SSSR count). The molecule has 18 heavy (non-hydrogen) atoms. The molecule has 0 aliphatic carbocycles. The Bertz CT molecular complexity index is 317. The number of urea groups is 2. The average molecular weight is 256 g/mol. The second-order valence-corrected chi connectivity index (χ2v) is 5.38. The molecule has 3 N–H and O–H groups in total. The Morgan fingerprint density at radius 1 is 1.39 bits per heavy atom. The van der Waals surface area contributed by atoms with E-state index in [9.17, 15) is 9.59 Å². The molecule has 0 radical (unpaired) electrons. The molecule has 6 nitrogen and oxygen atoms in total. The second-order valence-electron chi connectivity index (χ2n) is 5.38. The van der Waals surface area contributed by atoms with E-state index in [1.165, 1.54) is 0 Å². The summed E-state index contributed by atoms with van der Waals surface area (Å²) in [5.74, 6) is 0. The third-order valence-corrected chi connectivity index (χ3v) is 2.79. The molecule has 0 aromatic rings. The summed E-state index contributed by atoms with van der Waals surface area (Å²) in [6, 6.07) is -0.174. The van der Waals surface area contributed by atoms with Crippen molar-refractivity contribution in [2.24, 2.45) is 0 Å². The van der Waals surface area contributed by atoms with Crippen molar-refractivity contribution in [1.29, 1.82) is 0 Å². The molecule has 0 aromatic heterocycles. The summed E-state index contributed by atoms with van der Waals surface area (Å²) in [6.07, 6.45) is 0.447. The van der Waals surface area contributed by atoms with Crippen molar-refractivity contribution in [3.8, 4) is 0 Å². The average Bonchev–Trinajstić information content (AvgIpc) is 2.12. The second kappa shape index (κ2) is 5.93. The van der Waals surface area contributed by atoms with Gasteiger partial charge < -0.3 is 20.9 Å². The zero-order chi connectivity index (χ0) is 13.9. The molecule has 0 bridgehead atoms. The normalized spacial score (nSPS) is 24.2. The van der Waals surface area contributed by atoms with E-state index in [0.29, 0.717) is 6.42 Å². The quantitative estimate of drug-likeness (QED) is 0.710. The van der Waals surface area contributed by atoms with E-state index >= 15 is 0 Å². The summed E-state index contributed by atoms with van der Waals surface area (Å²) in [4.78, 5) is 25.3. The largest absolute Gasteiger partial charge is 0.336 e. The summed E-state index contributed by atoms with van der Waals surface area (Å²) in [7, 11) is 0. The monoisotopic (exact) mass is 256 g/mol. The van der Waals surface area contributed by atoms with Crippen LogP contribution in [0.4, 0.5) is 9.59 Å². The highest BCUT2D eigenvalue weighted by Crippen LogP contribution is 2.15. The van der Waals surface area contributed by atoms with E-state index in [1.807, 2.05) is 34.6 Å². The Hall–Kier alpha value is -1.46. The molecule has 1 heterocycles. The molecule has 4 amide bonds. The van der Waals surface area contributed by atoms with Gasteiger partial charge in [-0.15, -0.1) is 0 Å². The molecule has 0 aromatic carbocycles. The zero-order valence-corrected chi connectivity index (χ0v) is 11.8. The van der Waals surface area contributed by atoms with Crippen LogP contribution in [-0.2, 0) is 0 Å². The van der Waals surface area contributed by atoms with Gasteiger partial charge in [0.1, 0.15) is 6.17 Å². The molecule has 1 fully saturated rings. The number of carbonyl (C=O) groups excluding carboxylic acids is 2. The minimum atomic E-state index is -0.257. The first-order valence-corrected chi connectivity index (χ1v) is 6.47. The molecular weight excluding hydrogens is 232 g/mol. The highest BCUT2D eigenvalue weighted by molar-refractivity contribution is 5.78. The minimum Gasteiger partial charge on any atom is -0.336 e. The van der Waals surface area contributed by atoms with E-state index in [2.05, 4.69) is 16.0 Å². The summed E-state index contributed by atoms with van der Waals surface area (Å²) >= 11 is 0. The van der Waals surface area contributed by atoms with Gasteiger partial charge in [-0.25, -0.2) is 9.59 Å². The fraction of sp³-hybridized carbons (Fsp3) is 0.833. The highest BCUT2D eigenvalue weighted by atomic mass is 16.2. The van der Waals surface area contributed by atoms with Gasteiger partial charge in [0.2, 0.25) is 0 Å². The third-order valence-electron chi connectivity index (χ3n) is 2.79. The van der Waals surface area contributed by atoms with Gasteiger partial charge >= 0.3 is 12.1 Å². The lowest BCUT2D eigenvalue weighted by Gasteiger charge is -2.41. The molecular formula is C12H24N4O2. The summed E-state index contributed by atoms with van der Waals surface area (Å²) in [5.41, 5.74) is 0. The maximum absolute atomic E-state index is 11.9. The van der Waals surface area contributed by atoms with Gasteiger partial charge in [-0.1, -0.05) is 0 Å². The predicted octanol–water partition coefficient (Wildman–Crippen LogP) is 1.23. The maximum Gasteiger partial charge on any atom is 0.319 e. The van der Waals surface area contributed by atoms with Gasteiger partial charge in [0, 0.05) is 24.5 Å². The Labute approximate surface area is 108 Å². The Kier molecular flexibility index (Phi) is 4.81. The lowest BCUT2D eigenvalue weighted by molar-refractivity contribution is 0.108. The summed E-state index contributed by atoms with van der Waals surface area (Å²) in [6.45, 7) is 9.60. The molecule has 1 saturated heterocycles. The first-order chi connectivity index (χ1) is 8.31. The lowest BCUT2D eigenvalue weighted by atomic mass is 10.1. The molecule has 1 aliphatic heterocycles. The van der Waals surface area contributed by atoms with Crippen LogP contribution in [-0.4, -0.2) is 41.3 Å². The van der Waals surface area contributed by atoms with Crippen molar-refractivity contribution in [3.05, 3.63) is 0 Å². The molecule has 104 valence electrons. The van der Waals surface area contributed by atoms with Crippen LogP contribution in [0.3, 0.4) is 0 Å². The summed E-state index contributed by atoms with van der Waals surface area (Å²) in [5, 5.41) is 8.50. The van der Waals surface area contributed by atoms with Gasteiger partial charge in [-0.3, -0.25) is 0 Å². The van der Waals surface area contributed by atoms with E-state index in [4.69, 9.17) is 0 Å². The first kappa shape index (κ1) is 14.6. The topological polar surface area (TPSA) is 73.5 Å². The SMILES string of the molecule is CC(C)NC(=O)N[C@@H]1C[C@H](C)NC(=O)N1C(C)C. The van der Waals surface area contributed by atoms with E-state index in [-0.39, 0.29) is 36.4 Å². The van der Waals surface area contributed by atoms with Gasteiger partial charge in [0.25, 0.3) is 0 Å². The molecule has 6 heteroatoms. The summed E-state index contributed by atoms with van der Waals surface area (Å²) < 4.78 is 0. The number of hydrogen-bond donors (Lipinski definition) is 3. The smallest absolute Gasteiger partial charge is 0.319 e. The van der Waals surface area contributed by atoms with Crippen LogP contribution in [0, 0.1) is 0 Å². The number of rotatable bonds is 3. The standard InChI is InChI=1S/C12H24N4O2/c1-7(2)13-11(17)15-10-6-9(5)14-12(18)16(10)8(3)4/h7-10H,6H2,1-5H3,(H,14,18)(H2,13,15,17)/t9-,10-/m0/s1. The number of hydrogen-bond acceptors (Lipinski definition) is 2. The fourth-order valence-corrected chi connectivity index (χ4v) is 2.11. The van der Waals surface area contributed by atoms with Crippen molar-refractivity contribution in [1.82, 2.24) is 20.9 Å². The van der Waals surface area contributed by atoms with Crippen LogP contribution in [0.1, 0.15) is 41.0 Å². The fourth-order valence-electron chi connectivity index (χ4n) is 2.11. The molecule has 2 atom stereocenters. The van der Waals surface area contributed by atoms with Gasteiger partial charge in [0.05, 0.1) is 0 Å². The first-order valence-electron chi connectivity index (χ1n) is 6.47. The maximum atomic E-state index is 11.9. The van der Waals surface area contributed by atoms with E-state index < -0.39 is 0 Å². The molecule has 0 unspecified atom stereocenters. The Balaban J connectivity index is 2.69. The van der Waals surface area contributed by atoms with Gasteiger partial charge in [-0.05, 0) is 34.6 Å². The molecule has 1 aliphatic rings. The van der Waals surface area contributed by atoms with Crippen LogP contribution < -0.4 is 16.0 Å². The van der Waals surface area contributed by atoms with E-state index in [0.717, 1.165) is 0 Å². The van der Waals surface area contributed by atoms with Crippen molar-refractivity contribution < 1.29 is 9.59 Å². The van der Waals surface area contributed by atoms with Crippen molar-refractivity contribution >= 4 is 12.1 Å². The number of nitrogens with one attached hydrogen (secondary N) is 3. The van der Waals surface area contributed by atoms with Crippen molar-refractivity contribution in [3.63, 3.8) is 0 Å². The van der Waals surface area contributed by atoms with Crippen molar-refractivity contribution in [2.45, 2.75) is 65.3 Å². The molecule has 0 saturated carbocycles. The van der Waals surface area contributed by atoms with Crippen LogP contribution in [0.5, 0.6) is 0 Å². The number of nitrogens with zero attached hydrogens (tertiary/aromatic N) is 1. The Morgan fingerprint density at radius 2 is 2.00 bits per heavy atom. The lowest BCUT2D eigenvalue weighted by Crippen LogP contribution is -2.64. The van der Waals surface area contributed by atoms with Crippen LogP contribution >= 0.6 is 0 Å². The van der Waals surface area contributed by atoms with Crippen LogP contribution in [0.2, 0.25) is 0 Å². The predicted molar refractivity (Wildman–Crippen MR) is 70.2 cm³/mol. The van der Waals surface area contributed by atoms with Gasteiger partial charge in [0.15, 0.2) is 0 Å². The van der Waals surface area contributed by atoms with Crippen LogP contribution in [0.25, 0.3) is 0 Å². The highest BCUT2D eigenvalue weighted by Gasteiger charge is 2.34. The zero-order valence-electron chi connectivity index (χ0n) is 11.8. The van der Waals surface area contributed by atoms with Crippen molar-refractivity contribution in [2.75, 3.05) is 0 Å². The minimum absolute atomic E-state index is 0.0434. The van der Waals surface area contributed by atoms with Gasteiger partial charge in [-0.2, -0.15) is 0 Å². The van der Waals surface area contributed by atoms with Crippen LogP contribution in [0.15, 0.2) is 0 Å². The number of amides is 4. The van der Waals surface area contributed by atoms with E-state index in [1.54, 1.807) is 4.90 Å². The Morgan fingerprint density at radius 3 is 2.50 bits per heavy atom. The third kappa shape index (κ3) is 3.78. The number of carbonyl (C=O) groups is 2. The molecule has 0 spiro atoms.